The Bertz CT molecular complexity index is 923. The van der Waals surface area contributed by atoms with E-state index in [1.165, 1.54) is 17.7 Å². The van der Waals surface area contributed by atoms with Gasteiger partial charge in [-0.05, 0) is 60.9 Å². The molecule has 0 unspecified atom stereocenters. The highest BCUT2D eigenvalue weighted by atomic mass is 32.2. The summed E-state index contributed by atoms with van der Waals surface area (Å²) < 4.78 is 32.8. The highest BCUT2D eigenvalue weighted by Crippen LogP contribution is 2.25. The van der Waals surface area contributed by atoms with Gasteiger partial charge in [0, 0.05) is 12.2 Å². The first-order valence-corrected chi connectivity index (χ1v) is 9.46. The molecule has 3 rings (SSSR count). The Kier molecular flexibility index (Phi) is 4.78. The molecule has 1 aliphatic heterocycles. The summed E-state index contributed by atoms with van der Waals surface area (Å²) in [6, 6.07) is 10.4. The monoisotopic (exact) mass is 360 g/mol. The Morgan fingerprint density at radius 2 is 1.92 bits per heavy atom. The van der Waals surface area contributed by atoms with Crippen molar-refractivity contribution in [2.45, 2.75) is 25.2 Å². The molecule has 0 radical (unpaired) electrons. The van der Waals surface area contributed by atoms with Crippen LogP contribution in [-0.4, -0.2) is 27.5 Å². The van der Waals surface area contributed by atoms with Crippen LogP contribution in [0.1, 0.15) is 16.7 Å². The normalized spacial score (nSPS) is 13.4. The van der Waals surface area contributed by atoms with Gasteiger partial charge in [0.1, 0.15) is 12.4 Å². The van der Waals surface area contributed by atoms with E-state index in [0.717, 1.165) is 5.56 Å². The fraction of sp³-hybridized carbons (Fsp3) is 0.278. The maximum atomic E-state index is 12.4. The average Bonchev–Trinajstić information content (AvgIpc) is 2.94. The molecule has 2 N–H and O–H groups in total. The van der Waals surface area contributed by atoms with Crippen molar-refractivity contribution in [3.05, 3.63) is 53.1 Å². The van der Waals surface area contributed by atoms with Crippen LogP contribution in [0, 0.1) is 13.8 Å². The zero-order valence-corrected chi connectivity index (χ0v) is 14.9. The number of nitrogens with one attached hydrogen (secondary N) is 2. The highest BCUT2D eigenvalue weighted by molar-refractivity contribution is 7.89. The van der Waals surface area contributed by atoms with Crippen LogP contribution in [0.5, 0.6) is 5.75 Å². The number of hydrogen-bond donors (Lipinski definition) is 2. The number of benzene rings is 2. The first-order chi connectivity index (χ1) is 11.8. The first-order valence-electron chi connectivity index (χ1n) is 7.98. The number of amides is 1. The minimum atomic E-state index is -3.64. The van der Waals surface area contributed by atoms with Crippen LogP contribution < -0.4 is 14.8 Å². The minimum Gasteiger partial charge on any atom is -0.492 e. The number of carbonyl (C=O) groups is 1. The summed E-state index contributed by atoms with van der Waals surface area (Å²) in [4.78, 5) is 11.5. The van der Waals surface area contributed by atoms with E-state index < -0.39 is 10.0 Å². The molecule has 0 fully saturated rings. The zero-order chi connectivity index (χ0) is 18.0. The lowest BCUT2D eigenvalue weighted by molar-refractivity contribution is -0.115. The van der Waals surface area contributed by atoms with Gasteiger partial charge in [0.25, 0.3) is 0 Å². The third-order valence-corrected chi connectivity index (χ3v) is 5.61. The summed E-state index contributed by atoms with van der Waals surface area (Å²) in [5, 5.41) is 2.68. The van der Waals surface area contributed by atoms with Gasteiger partial charge in [0.05, 0.1) is 11.3 Å². The van der Waals surface area contributed by atoms with Crippen LogP contribution >= 0.6 is 0 Å². The van der Waals surface area contributed by atoms with E-state index in [1.807, 2.05) is 32.0 Å². The third-order valence-electron chi connectivity index (χ3n) is 4.15. The van der Waals surface area contributed by atoms with Crippen LogP contribution in [0.3, 0.4) is 0 Å². The zero-order valence-electron chi connectivity index (χ0n) is 14.1. The molecule has 132 valence electrons. The summed E-state index contributed by atoms with van der Waals surface area (Å²) in [6.07, 6.45) is 0.203. The Hall–Kier alpha value is -2.38. The van der Waals surface area contributed by atoms with E-state index in [1.54, 1.807) is 6.07 Å². The lowest BCUT2D eigenvalue weighted by Crippen LogP contribution is -2.28. The van der Waals surface area contributed by atoms with E-state index in [0.29, 0.717) is 17.0 Å². The fourth-order valence-corrected chi connectivity index (χ4v) is 3.67. The van der Waals surface area contributed by atoms with E-state index in [9.17, 15) is 13.2 Å². The highest BCUT2D eigenvalue weighted by Gasteiger charge is 2.21. The molecule has 0 bridgehead atoms. The number of carbonyl (C=O) groups excluding carboxylic acids is 1. The fourth-order valence-electron chi connectivity index (χ4n) is 2.60. The van der Waals surface area contributed by atoms with Gasteiger partial charge < -0.3 is 10.1 Å². The van der Waals surface area contributed by atoms with Crippen LogP contribution in [0.15, 0.2) is 41.3 Å². The van der Waals surface area contributed by atoms with Crippen molar-refractivity contribution in [2.24, 2.45) is 0 Å². The van der Waals surface area contributed by atoms with E-state index in [2.05, 4.69) is 10.0 Å². The maximum Gasteiger partial charge on any atom is 0.240 e. The number of rotatable bonds is 6. The van der Waals surface area contributed by atoms with Crippen molar-refractivity contribution in [3.63, 3.8) is 0 Å². The molecular formula is C18H20N2O4S. The second-order valence-electron chi connectivity index (χ2n) is 6.04. The molecule has 1 aliphatic rings. The summed E-state index contributed by atoms with van der Waals surface area (Å²) in [5.41, 5.74) is 3.67. The predicted molar refractivity (Wildman–Crippen MR) is 95.4 cm³/mol. The van der Waals surface area contributed by atoms with Crippen LogP contribution in [0.2, 0.25) is 0 Å². The molecule has 0 aromatic heterocycles. The average molecular weight is 360 g/mol. The molecule has 0 saturated carbocycles. The van der Waals surface area contributed by atoms with Crippen LogP contribution in [0.4, 0.5) is 5.69 Å². The van der Waals surface area contributed by atoms with Gasteiger partial charge in [-0.3, -0.25) is 4.79 Å². The summed E-state index contributed by atoms with van der Waals surface area (Å²) in [5.74, 6) is 0.587. The van der Waals surface area contributed by atoms with E-state index >= 15 is 0 Å². The largest absolute Gasteiger partial charge is 0.492 e. The standard InChI is InChI=1S/C18H20N2O4S/c1-12-3-4-15(9-13(12)2)24-8-7-19-25(22,23)16-5-6-17-14(10-16)11-18(21)20-17/h3-6,9-10,19H,7-8,11H2,1-2H3,(H,20,21). The summed E-state index contributed by atoms with van der Waals surface area (Å²) in [6.45, 7) is 4.40. The van der Waals surface area contributed by atoms with Gasteiger partial charge in [-0.15, -0.1) is 0 Å². The Morgan fingerprint density at radius 3 is 2.68 bits per heavy atom. The van der Waals surface area contributed by atoms with Gasteiger partial charge in [0.2, 0.25) is 15.9 Å². The molecule has 1 heterocycles. The number of fused-ring (bicyclic) bond motifs is 1. The minimum absolute atomic E-state index is 0.126. The number of sulfonamides is 1. The number of hydrogen-bond acceptors (Lipinski definition) is 4. The van der Waals surface area contributed by atoms with Gasteiger partial charge >= 0.3 is 0 Å². The summed E-state index contributed by atoms with van der Waals surface area (Å²) in [7, 11) is -3.64. The molecular weight excluding hydrogens is 340 g/mol. The Labute approximate surface area is 147 Å². The molecule has 0 atom stereocenters. The second kappa shape index (κ2) is 6.85. The second-order valence-corrected chi connectivity index (χ2v) is 7.80. The number of ether oxygens (including phenoxy) is 1. The molecule has 7 heteroatoms. The first kappa shape index (κ1) is 17.4. The smallest absolute Gasteiger partial charge is 0.240 e. The van der Waals surface area contributed by atoms with Crippen molar-refractivity contribution in [2.75, 3.05) is 18.5 Å². The molecule has 25 heavy (non-hydrogen) atoms. The Morgan fingerprint density at radius 1 is 1.12 bits per heavy atom. The van der Waals surface area contributed by atoms with Crippen molar-refractivity contribution < 1.29 is 17.9 Å². The van der Waals surface area contributed by atoms with Gasteiger partial charge in [0.15, 0.2) is 0 Å². The van der Waals surface area contributed by atoms with Crippen LogP contribution in [0.25, 0.3) is 0 Å². The third kappa shape index (κ3) is 4.00. The van der Waals surface area contributed by atoms with Gasteiger partial charge in [-0.25, -0.2) is 13.1 Å². The molecule has 6 nitrogen and oxygen atoms in total. The maximum absolute atomic E-state index is 12.4. The SMILES string of the molecule is Cc1ccc(OCCNS(=O)(=O)c2ccc3c(c2)CC(=O)N3)cc1C. The molecule has 1 amide bonds. The lowest BCUT2D eigenvalue weighted by atomic mass is 10.1. The van der Waals surface area contributed by atoms with Crippen molar-refractivity contribution >= 4 is 21.6 Å². The van der Waals surface area contributed by atoms with Crippen LogP contribution in [-0.2, 0) is 21.2 Å². The molecule has 0 spiro atoms. The van der Waals surface area contributed by atoms with E-state index in [4.69, 9.17) is 4.74 Å². The van der Waals surface area contributed by atoms with Crippen molar-refractivity contribution in [3.8, 4) is 5.75 Å². The number of aryl methyl sites for hydroxylation is 2. The quantitative estimate of drug-likeness (QED) is 0.773. The topological polar surface area (TPSA) is 84.5 Å². The van der Waals surface area contributed by atoms with Gasteiger partial charge in [-0.2, -0.15) is 0 Å². The molecule has 0 saturated heterocycles. The summed E-state index contributed by atoms with van der Waals surface area (Å²) >= 11 is 0. The van der Waals surface area contributed by atoms with Gasteiger partial charge in [-0.1, -0.05) is 6.07 Å². The molecule has 2 aromatic rings. The lowest BCUT2D eigenvalue weighted by Gasteiger charge is -2.10. The predicted octanol–water partition coefficient (Wildman–Crippen LogP) is 2.16. The van der Waals surface area contributed by atoms with Crippen molar-refractivity contribution in [1.82, 2.24) is 4.72 Å². The van der Waals surface area contributed by atoms with Crippen molar-refractivity contribution in [1.29, 1.82) is 0 Å². The number of anilines is 1. The molecule has 2 aromatic carbocycles. The Balaban J connectivity index is 1.58. The van der Waals surface area contributed by atoms with E-state index in [-0.39, 0.29) is 30.4 Å². The molecule has 0 aliphatic carbocycles.